The molecule has 128 valence electrons. The number of ether oxygens (including phenoxy) is 1. The molecular weight excluding hydrogens is 299 g/mol. The third-order valence-corrected chi connectivity index (χ3v) is 6.79. The average Bonchev–Trinajstić information content (AvgIpc) is 3.09. The Morgan fingerprint density at radius 2 is 1.82 bits per heavy atom. The fraction of sp³-hybridized carbons (Fsp3) is 0.882. The van der Waals surface area contributed by atoms with Crippen molar-refractivity contribution in [3.8, 4) is 0 Å². The van der Waals surface area contributed by atoms with Crippen LogP contribution in [0.25, 0.3) is 0 Å². The van der Waals surface area contributed by atoms with Crippen LogP contribution in [0, 0.1) is 17.8 Å². The number of allylic oxidation sites excluding steroid dienone is 2. The smallest absolute Gasteiger partial charge is 0.330 e. The second-order valence-corrected chi connectivity index (χ2v) is 8.53. The van der Waals surface area contributed by atoms with E-state index in [-0.39, 0.29) is 0 Å². The molecule has 2 bridgehead atoms. The zero-order chi connectivity index (χ0) is 15.8. The van der Waals surface area contributed by atoms with Crippen LogP contribution >= 0.6 is 7.60 Å². The van der Waals surface area contributed by atoms with Gasteiger partial charge in [0.1, 0.15) is 0 Å². The molecule has 4 nitrogen and oxygen atoms in total. The van der Waals surface area contributed by atoms with Gasteiger partial charge in [0, 0.05) is 13.2 Å². The minimum Gasteiger partial charge on any atom is -0.381 e. The average molecular weight is 330 g/mol. The Morgan fingerprint density at radius 3 is 2.41 bits per heavy atom. The van der Waals surface area contributed by atoms with E-state index in [1.165, 1.54) is 12.8 Å². The molecule has 3 unspecified atom stereocenters. The van der Waals surface area contributed by atoms with Crippen molar-refractivity contribution in [1.82, 2.24) is 0 Å². The molecule has 0 aromatic carbocycles. The van der Waals surface area contributed by atoms with Crippen LogP contribution in [-0.4, -0.2) is 32.6 Å². The molecule has 0 heterocycles. The summed E-state index contributed by atoms with van der Waals surface area (Å²) in [7, 11) is -2.85. The Morgan fingerprint density at radius 1 is 1.05 bits per heavy atom. The molecule has 0 saturated heterocycles. The van der Waals surface area contributed by atoms with Crippen LogP contribution in [0.4, 0.5) is 0 Å². The fourth-order valence-corrected chi connectivity index (χ4v) is 5.30. The van der Waals surface area contributed by atoms with Crippen LogP contribution < -0.4 is 0 Å². The van der Waals surface area contributed by atoms with Gasteiger partial charge in [0.2, 0.25) is 0 Å². The first-order valence-corrected chi connectivity index (χ1v) is 10.5. The van der Waals surface area contributed by atoms with Gasteiger partial charge in [-0.05, 0) is 57.3 Å². The highest BCUT2D eigenvalue weighted by Crippen LogP contribution is 2.48. The lowest BCUT2D eigenvalue weighted by Crippen LogP contribution is -2.14. The molecule has 0 aromatic heterocycles. The molecule has 2 aliphatic rings. The normalized spacial score (nSPS) is 26.9. The third kappa shape index (κ3) is 5.49. The summed E-state index contributed by atoms with van der Waals surface area (Å²) in [5.41, 5.74) is 0. The Labute approximate surface area is 135 Å². The van der Waals surface area contributed by atoms with E-state index in [9.17, 15) is 4.57 Å². The minimum atomic E-state index is -2.85. The number of fused-ring (bicyclic) bond motifs is 2. The summed E-state index contributed by atoms with van der Waals surface area (Å²) in [6.07, 6.45) is 10.8. The summed E-state index contributed by atoms with van der Waals surface area (Å²) < 4.78 is 28.7. The molecule has 2 rings (SSSR count). The second kappa shape index (κ2) is 9.22. The molecule has 0 amide bonds. The van der Waals surface area contributed by atoms with E-state index < -0.39 is 7.60 Å². The molecule has 1 saturated carbocycles. The topological polar surface area (TPSA) is 44.8 Å². The molecule has 0 N–H and O–H groups in total. The van der Waals surface area contributed by atoms with Crippen LogP contribution in [-0.2, 0) is 18.3 Å². The lowest BCUT2D eigenvalue weighted by atomic mass is 9.95. The fourth-order valence-electron chi connectivity index (χ4n) is 3.57. The lowest BCUT2D eigenvalue weighted by Gasteiger charge is -2.18. The first-order chi connectivity index (χ1) is 10.7. The lowest BCUT2D eigenvalue weighted by molar-refractivity contribution is 0.0878. The van der Waals surface area contributed by atoms with Gasteiger partial charge in [-0.25, -0.2) is 0 Å². The highest BCUT2D eigenvalue weighted by Gasteiger charge is 2.35. The molecule has 1 fully saturated rings. The van der Waals surface area contributed by atoms with Crippen molar-refractivity contribution in [3.63, 3.8) is 0 Å². The first-order valence-electron chi connectivity index (χ1n) is 8.81. The zero-order valence-electron chi connectivity index (χ0n) is 14.0. The molecule has 0 aliphatic heterocycles. The minimum absolute atomic E-state index is 0.443. The van der Waals surface area contributed by atoms with Crippen molar-refractivity contribution in [3.05, 3.63) is 12.2 Å². The van der Waals surface area contributed by atoms with Crippen molar-refractivity contribution in [2.45, 2.75) is 46.0 Å². The van der Waals surface area contributed by atoms with Crippen LogP contribution in [0.2, 0.25) is 0 Å². The van der Waals surface area contributed by atoms with Crippen LogP contribution in [0.1, 0.15) is 46.0 Å². The summed E-state index contributed by atoms with van der Waals surface area (Å²) in [4.78, 5) is 0. The van der Waals surface area contributed by atoms with Gasteiger partial charge in [-0.1, -0.05) is 18.6 Å². The summed E-state index contributed by atoms with van der Waals surface area (Å²) in [5.74, 6) is 2.34. The van der Waals surface area contributed by atoms with E-state index in [2.05, 4.69) is 12.2 Å². The van der Waals surface area contributed by atoms with Gasteiger partial charge in [0.25, 0.3) is 0 Å². The standard InChI is InChI=1S/C17H31O4P/c1-3-20-22(18,21-4-2)11-7-5-6-10-19-14-17-13-15-8-9-16(17)12-15/h8-9,15-17H,3-7,10-14H2,1-2H3. The molecule has 5 heteroatoms. The number of hydrogen-bond donors (Lipinski definition) is 0. The van der Waals surface area contributed by atoms with Crippen molar-refractivity contribution >= 4 is 7.60 Å². The Balaban J connectivity index is 1.48. The maximum absolute atomic E-state index is 12.3. The van der Waals surface area contributed by atoms with E-state index in [0.29, 0.717) is 19.4 Å². The molecule has 0 aromatic rings. The van der Waals surface area contributed by atoms with Gasteiger partial charge >= 0.3 is 7.60 Å². The van der Waals surface area contributed by atoms with Crippen LogP contribution in [0.3, 0.4) is 0 Å². The van der Waals surface area contributed by atoms with E-state index in [0.717, 1.165) is 50.2 Å². The molecule has 3 atom stereocenters. The molecule has 2 aliphatic carbocycles. The Bertz CT molecular complexity index is 386. The summed E-state index contributed by atoms with van der Waals surface area (Å²) in [6, 6.07) is 0. The van der Waals surface area contributed by atoms with Crippen molar-refractivity contribution in [1.29, 1.82) is 0 Å². The predicted molar refractivity (Wildman–Crippen MR) is 89.2 cm³/mol. The van der Waals surface area contributed by atoms with E-state index in [1.54, 1.807) is 0 Å². The van der Waals surface area contributed by atoms with E-state index in [1.807, 2.05) is 13.8 Å². The SMILES string of the molecule is CCOP(=O)(CCCCCOCC1CC2C=CC1C2)OCC. The van der Waals surface area contributed by atoms with E-state index in [4.69, 9.17) is 13.8 Å². The summed E-state index contributed by atoms with van der Waals surface area (Å²) >= 11 is 0. The zero-order valence-corrected chi connectivity index (χ0v) is 14.9. The first kappa shape index (κ1) is 18.2. The Kier molecular flexibility index (Phi) is 7.62. The van der Waals surface area contributed by atoms with Gasteiger partial charge in [0.05, 0.1) is 19.4 Å². The van der Waals surface area contributed by atoms with Crippen molar-refractivity contribution in [2.75, 3.05) is 32.6 Å². The van der Waals surface area contributed by atoms with Gasteiger partial charge in [0.15, 0.2) is 0 Å². The van der Waals surface area contributed by atoms with Crippen molar-refractivity contribution < 1.29 is 18.3 Å². The van der Waals surface area contributed by atoms with Crippen LogP contribution in [0.15, 0.2) is 12.2 Å². The molecule has 0 radical (unpaired) electrons. The maximum Gasteiger partial charge on any atom is 0.330 e. The molecule has 22 heavy (non-hydrogen) atoms. The van der Waals surface area contributed by atoms with E-state index >= 15 is 0 Å². The largest absolute Gasteiger partial charge is 0.381 e. The van der Waals surface area contributed by atoms with Gasteiger partial charge in [-0.15, -0.1) is 0 Å². The van der Waals surface area contributed by atoms with Gasteiger partial charge in [-0.2, -0.15) is 0 Å². The van der Waals surface area contributed by atoms with Crippen LogP contribution in [0.5, 0.6) is 0 Å². The molecular formula is C17H31O4P. The highest BCUT2D eigenvalue weighted by atomic mass is 31.2. The highest BCUT2D eigenvalue weighted by molar-refractivity contribution is 7.53. The number of hydrogen-bond acceptors (Lipinski definition) is 4. The second-order valence-electron chi connectivity index (χ2n) is 6.35. The molecule has 0 spiro atoms. The monoisotopic (exact) mass is 330 g/mol. The van der Waals surface area contributed by atoms with Gasteiger partial charge in [-0.3, -0.25) is 4.57 Å². The Hall–Kier alpha value is -0.150. The van der Waals surface area contributed by atoms with Gasteiger partial charge < -0.3 is 13.8 Å². The summed E-state index contributed by atoms with van der Waals surface area (Å²) in [5, 5.41) is 0. The quantitative estimate of drug-likeness (QED) is 0.297. The number of unbranched alkanes of at least 4 members (excludes halogenated alkanes) is 2. The number of rotatable bonds is 12. The maximum atomic E-state index is 12.3. The summed E-state index contributed by atoms with van der Waals surface area (Å²) in [6.45, 7) is 6.30. The predicted octanol–water partition coefficient (Wildman–Crippen LogP) is 4.65. The third-order valence-electron chi connectivity index (χ3n) is 4.62. The van der Waals surface area contributed by atoms with Crippen molar-refractivity contribution in [2.24, 2.45) is 17.8 Å².